The van der Waals surface area contributed by atoms with E-state index in [2.05, 4.69) is 15.5 Å². The Kier molecular flexibility index (Phi) is 3.29. The fourth-order valence-electron chi connectivity index (χ4n) is 2.55. The lowest BCUT2D eigenvalue weighted by Gasteiger charge is -2.30. The molecule has 1 fully saturated rings. The number of fused-ring (bicyclic) bond motifs is 1. The summed E-state index contributed by atoms with van der Waals surface area (Å²) in [7, 11) is 0. The van der Waals surface area contributed by atoms with E-state index in [9.17, 15) is 4.79 Å². The van der Waals surface area contributed by atoms with Crippen molar-refractivity contribution in [3.8, 4) is 5.75 Å². The highest BCUT2D eigenvalue weighted by Gasteiger charge is 2.20. The van der Waals surface area contributed by atoms with Crippen molar-refractivity contribution in [3.05, 3.63) is 18.2 Å². The predicted octanol–water partition coefficient (Wildman–Crippen LogP) is 1.21. The third-order valence-electron chi connectivity index (χ3n) is 3.52. The first kappa shape index (κ1) is 12.3. The second kappa shape index (κ2) is 5.09. The van der Waals surface area contributed by atoms with E-state index in [4.69, 9.17) is 4.74 Å². The Labute approximate surface area is 112 Å². The first-order valence-electron chi connectivity index (χ1n) is 6.78. The van der Waals surface area contributed by atoms with E-state index in [-0.39, 0.29) is 12.0 Å². The van der Waals surface area contributed by atoms with Crippen molar-refractivity contribution in [2.24, 2.45) is 0 Å². The average Bonchev–Trinajstić information content (AvgIpc) is 2.55. The number of hydrogen-bond acceptors (Lipinski definition) is 4. The van der Waals surface area contributed by atoms with E-state index in [1.807, 2.05) is 25.1 Å². The van der Waals surface area contributed by atoms with E-state index >= 15 is 0 Å². The van der Waals surface area contributed by atoms with E-state index < -0.39 is 0 Å². The van der Waals surface area contributed by atoms with Gasteiger partial charge in [0.25, 0.3) is 0 Å². The van der Waals surface area contributed by atoms with E-state index in [0.29, 0.717) is 6.42 Å². The molecular weight excluding hydrogens is 242 g/mol. The van der Waals surface area contributed by atoms with Gasteiger partial charge in [0, 0.05) is 37.9 Å². The third kappa shape index (κ3) is 2.66. The maximum absolute atomic E-state index is 11.6. The van der Waals surface area contributed by atoms with Gasteiger partial charge in [-0.2, -0.15) is 0 Å². The molecule has 0 radical (unpaired) electrons. The minimum absolute atomic E-state index is 0.0150. The fraction of sp³-hybridized carbons (Fsp3) is 0.500. The number of amides is 1. The number of anilines is 2. The van der Waals surface area contributed by atoms with Gasteiger partial charge in [0.1, 0.15) is 11.9 Å². The molecule has 5 heteroatoms. The van der Waals surface area contributed by atoms with E-state index in [0.717, 1.165) is 43.3 Å². The van der Waals surface area contributed by atoms with Crippen LogP contribution >= 0.6 is 0 Å². The molecule has 3 rings (SSSR count). The maximum atomic E-state index is 11.6. The Bertz CT molecular complexity index is 484. The van der Waals surface area contributed by atoms with Crippen molar-refractivity contribution in [2.45, 2.75) is 19.4 Å². The van der Waals surface area contributed by atoms with Crippen LogP contribution in [0.4, 0.5) is 11.4 Å². The maximum Gasteiger partial charge on any atom is 0.228 e. The van der Waals surface area contributed by atoms with Crippen LogP contribution in [0.5, 0.6) is 5.75 Å². The zero-order chi connectivity index (χ0) is 13.2. The monoisotopic (exact) mass is 261 g/mol. The molecule has 1 aromatic carbocycles. The van der Waals surface area contributed by atoms with E-state index in [1.165, 1.54) is 0 Å². The number of hydrogen-bond donors (Lipinski definition) is 2. The standard InChI is InChI=1S/C14H19N3O2/c1-10-8-14(18)16-12-3-2-11(9-13(12)19-10)17-6-4-15-5-7-17/h2-3,9-10,15H,4-8H2,1H3,(H,16,18). The van der Waals surface area contributed by atoms with Crippen molar-refractivity contribution < 1.29 is 9.53 Å². The van der Waals surface area contributed by atoms with Gasteiger partial charge in [-0.15, -0.1) is 0 Å². The van der Waals surface area contributed by atoms with Crippen molar-refractivity contribution in [3.63, 3.8) is 0 Å². The number of carbonyl (C=O) groups is 1. The molecule has 19 heavy (non-hydrogen) atoms. The Morgan fingerprint density at radius 1 is 1.32 bits per heavy atom. The molecule has 102 valence electrons. The molecule has 2 N–H and O–H groups in total. The summed E-state index contributed by atoms with van der Waals surface area (Å²) in [5, 5.41) is 6.23. The molecule has 2 heterocycles. The molecule has 5 nitrogen and oxygen atoms in total. The average molecular weight is 261 g/mol. The highest BCUT2D eigenvalue weighted by atomic mass is 16.5. The van der Waals surface area contributed by atoms with Gasteiger partial charge >= 0.3 is 0 Å². The van der Waals surface area contributed by atoms with Gasteiger partial charge in [-0.25, -0.2) is 0 Å². The van der Waals surface area contributed by atoms with Crippen molar-refractivity contribution in [1.29, 1.82) is 0 Å². The smallest absolute Gasteiger partial charge is 0.228 e. The molecule has 1 amide bonds. The van der Waals surface area contributed by atoms with Crippen molar-refractivity contribution in [2.75, 3.05) is 36.4 Å². The van der Waals surface area contributed by atoms with Crippen LogP contribution in [0.3, 0.4) is 0 Å². The normalized spacial score (nSPS) is 23.1. The Morgan fingerprint density at radius 2 is 2.11 bits per heavy atom. The van der Waals surface area contributed by atoms with Crippen LogP contribution < -0.4 is 20.3 Å². The lowest BCUT2D eigenvalue weighted by Crippen LogP contribution is -2.43. The molecule has 2 aliphatic heterocycles. The molecule has 1 saturated heterocycles. The molecule has 0 bridgehead atoms. The highest BCUT2D eigenvalue weighted by molar-refractivity contribution is 5.93. The lowest BCUT2D eigenvalue weighted by atomic mass is 10.2. The summed E-state index contributed by atoms with van der Waals surface area (Å²) < 4.78 is 5.83. The largest absolute Gasteiger partial charge is 0.488 e. The number of carbonyl (C=O) groups excluding carboxylic acids is 1. The summed E-state index contributed by atoms with van der Waals surface area (Å²) in [6.45, 7) is 5.93. The van der Waals surface area contributed by atoms with Crippen LogP contribution in [0.25, 0.3) is 0 Å². The molecule has 0 spiro atoms. The molecule has 1 unspecified atom stereocenters. The number of piperazine rings is 1. The Balaban J connectivity index is 1.87. The van der Waals surface area contributed by atoms with Crippen LogP contribution in [-0.2, 0) is 4.79 Å². The van der Waals surface area contributed by atoms with Gasteiger partial charge in [-0.05, 0) is 19.1 Å². The molecule has 1 aromatic rings. The van der Waals surface area contributed by atoms with Gasteiger partial charge in [-0.3, -0.25) is 4.79 Å². The number of nitrogens with one attached hydrogen (secondary N) is 2. The number of ether oxygens (including phenoxy) is 1. The topological polar surface area (TPSA) is 53.6 Å². The molecule has 0 aliphatic carbocycles. The molecule has 2 aliphatic rings. The fourth-order valence-corrected chi connectivity index (χ4v) is 2.55. The van der Waals surface area contributed by atoms with Gasteiger partial charge in [0.05, 0.1) is 12.1 Å². The van der Waals surface area contributed by atoms with Crippen molar-refractivity contribution in [1.82, 2.24) is 5.32 Å². The molecule has 0 aromatic heterocycles. The van der Waals surface area contributed by atoms with Crippen LogP contribution in [0.2, 0.25) is 0 Å². The summed E-state index contributed by atoms with van der Waals surface area (Å²) in [6, 6.07) is 6.01. The Hall–Kier alpha value is -1.75. The van der Waals surface area contributed by atoms with Crippen molar-refractivity contribution >= 4 is 17.3 Å². The summed E-state index contributed by atoms with van der Waals surface area (Å²) in [5.41, 5.74) is 1.93. The quantitative estimate of drug-likeness (QED) is 0.798. The summed E-state index contributed by atoms with van der Waals surface area (Å²) >= 11 is 0. The van der Waals surface area contributed by atoms with Gasteiger partial charge < -0.3 is 20.3 Å². The summed E-state index contributed by atoms with van der Waals surface area (Å²) in [5.74, 6) is 0.788. The number of rotatable bonds is 1. The highest BCUT2D eigenvalue weighted by Crippen LogP contribution is 2.33. The second-order valence-corrected chi connectivity index (χ2v) is 5.10. The second-order valence-electron chi connectivity index (χ2n) is 5.10. The molecular formula is C14H19N3O2. The van der Waals surface area contributed by atoms with Gasteiger partial charge in [0.15, 0.2) is 0 Å². The Morgan fingerprint density at radius 3 is 2.89 bits per heavy atom. The number of nitrogens with zero attached hydrogens (tertiary/aromatic N) is 1. The number of benzene rings is 1. The predicted molar refractivity (Wildman–Crippen MR) is 74.9 cm³/mol. The van der Waals surface area contributed by atoms with Gasteiger partial charge in [-0.1, -0.05) is 0 Å². The van der Waals surface area contributed by atoms with Crippen LogP contribution in [0.15, 0.2) is 18.2 Å². The molecule has 1 atom stereocenters. The zero-order valence-electron chi connectivity index (χ0n) is 11.1. The van der Waals surface area contributed by atoms with Crippen LogP contribution in [-0.4, -0.2) is 38.2 Å². The summed E-state index contributed by atoms with van der Waals surface area (Å²) in [6.07, 6.45) is 0.317. The zero-order valence-corrected chi connectivity index (χ0v) is 11.1. The first-order valence-corrected chi connectivity index (χ1v) is 6.78. The van der Waals surface area contributed by atoms with Gasteiger partial charge in [0.2, 0.25) is 5.91 Å². The SMILES string of the molecule is CC1CC(=O)Nc2ccc(N3CCNCC3)cc2O1. The first-order chi connectivity index (χ1) is 9.22. The minimum atomic E-state index is -0.0838. The molecule has 0 saturated carbocycles. The lowest BCUT2D eigenvalue weighted by molar-refractivity contribution is -0.117. The van der Waals surface area contributed by atoms with Crippen LogP contribution in [0.1, 0.15) is 13.3 Å². The third-order valence-corrected chi connectivity index (χ3v) is 3.52. The minimum Gasteiger partial charge on any atom is -0.488 e. The van der Waals surface area contributed by atoms with Crippen LogP contribution in [0, 0.1) is 0 Å². The summed E-state index contributed by atoms with van der Waals surface area (Å²) in [4.78, 5) is 14.0. The van der Waals surface area contributed by atoms with E-state index in [1.54, 1.807) is 0 Å².